The number of aliphatic hydroxyl groups is 4. The van der Waals surface area contributed by atoms with Gasteiger partial charge < -0.3 is 34.6 Å². The highest BCUT2D eigenvalue weighted by Gasteiger charge is 2.49. The van der Waals surface area contributed by atoms with Crippen LogP contribution in [0, 0.1) is 0 Å². The smallest absolute Gasteiger partial charge is 0.115 e. The van der Waals surface area contributed by atoms with Gasteiger partial charge in [-0.2, -0.15) is 0 Å². The van der Waals surface area contributed by atoms with Crippen molar-refractivity contribution in [2.45, 2.75) is 50.0 Å². The maximum Gasteiger partial charge on any atom is 0.115 e. The molecule has 1 aliphatic heterocycles. The van der Waals surface area contributed by atoms with E-state index in [1.807, 2.05) is 0 Å². The van der Waals surface area contributed by atoms with Crippen molar-refractivity contribution in [2.75, 3.05) is 26.4 Å². The number of aliphatic hydroxyl groups excluding tert-OH is 4. The van der Waals surface area contributed by atoms with E-state index in [0.29, 0.717) is 13.2 Å². The van der Waals surface area contributed by atoms with Gasteiger partial charge in [-0.15, -0.1) is 6.58 Å². The fourth-order valence-corrected chi connectivity index (χ4v) is 2.29. The average Bonchev–Trinajstić information content (AvgIpc) is 2.44. The fraction of sp³-hybridized carbons (Fsp3) is 0.857. The molecule has 1 aliphatic rings. The van der Waals surface area contributed by atoms with Crippen molar-refractivity contribution in [2.24, 2.45) is 0 Å². The number of hydrogen-bond acceptors (Lipinski definition) is 7. The monoisotopic (exact) mass is 306 g/mol. The van der Waals surface area contributed by atoms with E-state index in [-0.39, 0.29) is 6.61 Å². The Balaban J connectivity index is 2.60. The second-order valence-corrected chi connectivity index (χ2v) is 5.56. The summed E-state index contributed by atoms with van der Waals surface area (Å²) in [6.45, 7) is 7.52. The van der Waals surface area contributed by atoms with E-state index in [2.05, 4.69) is 6.58 Å². The molecule has 7 nitrogen and oxygen atoms in total. The van der Waals surface area contributed by atoms with Crippen molar-refractivity contribution >= 4 is 0 Å². The molecule has 0 bridgehead atoms. The number of ether oxygens (including phenoxy) is 3. The van der Waals surface area contributed by atoms with Crippen LogP contribution in [-0.2, 0) is 14.2 Å². The Bertz CT molecular complexity index is 318. The lowest BCUT2D eigenvalue weighted by atomic mass is 9.87. The standard InChI is InChI=1S/C14H26O7/c1-4-5-19-6-7-20-14(2,3)13-12(18)11(17)10(16)9(8-15)21-13/h4,9-13,15-18H,1,5-8H2,2-3H3. The summed E-state index contributed by atoms with van der Waals surface area (Å²) in [5.41, 5.74) is -0.925. The van der Waals surface area contributed by atoms with Crippen molar-refractivity contribution in [3.05, 3.63) is 12.7 Å². The minimum absolute atomic E-state index is 0.274. The van der Waals surface area contributed by atoms with Gasteiger partial charge >= 0.3 is 0 Å². The third-order valence-corrected chi connectivity index (χ3v) is 3.51. The molecule has 7 heteroatoms. The molecule has 1 saturated heterocycles. The first-order valence-electron chi connectivity index (χ1n) is 6.98. The summed E-state index contributed by atoms with van der Waals surface area (Å²) in [5.74, 6) is 0. The summed E-state index contributed by atoms with van der Waals surface area (Å²) in [6.07, 6.45) is -4.27. The largest absolute Gasteiger partial charge is 0.394 e. The molecule has 5 unspecified atom stereocenters. The first-order valence-corrected chi connectivity index (χ1v) is 6.98. The molecule has 0 aromatic carbocycles. The third kappa shape index (κ3) is 4.72. The first-order chi connectivity index (χ1) is 9.85. The highest BCUT2D eigenvalue weighted by atomic mass is 16.6. The summed E-state index contributed by atoms with van der Waals surface area (Å²) in [5, 5.41) is 38.8. The van der Waals surface area contributed by atoms with Crippen LogP contribution in [0.2, 0.25) is 0 Å². The maximum atomic E-state index is 10.1. The Morgan fingerprint density at radius 2 is 1.81 bits per heavy atom. The van der Waals surface area contributed by atoms with Gasteiger partial charge in [0.1, 0.15) is 30.5 Å². The van der Waals surface area contributed by atoms with Crippen LogP contribution in [0.5, 0.6) is 0 Å². The van der Waals surface area contributed by atoms with Gasteiger partial charge in [0, 0.05) is 0 Å². The predicted octanol–water partition coefficient (Wildman–Crippen LogP) is -1.17. The second kappa shape index (κ2) is 8.19. The van der Waals surface area contributed by atoms with Gasteiger partial charge in [0.05, 0.1) is 32.0 Å². The Morgan fingerprint density at radius 3 is 2.38 bits per heavy atom. The van der Waals surface area contributed by atoms with Crippen LogP contribution < -0.4 is 0 Å². The summed E-state index contributed by atoms with van der Waals surface area (Å²) >= 11 is 0. The third-order valence-electron chi connectivity index (χ3n) is 3.51. The lowest BCUT2D eigenvalue weighted by Gasteiger charge is -2.46. The first kappa shape index (κ1) is 18.5. The van der Waals surface area contributed by atoms with Crippen molar-refractivity contribution in [1.29, 1.82) is 0 Å². The van der Waals surface area contributed by atoms with Crippen LogP contribution >= 0.6 is 0 Å². The number of rotatable bonds is 8. The Labute approximate surface area is 124 Å². The van der Waals surface area contributed by atoms with Crippen LogP contribution in [0.25, 0.3) is 0 Å². The molecule has 0 aromatic heterocycles. The second-order valence-electron chi connectivity index (χ2n) is 5.56. The zero-order valence-electron chi connectivity index (χ0n) is 12.5. The molecule has 1 fully saturated rings. The van der Waals surface area contributed by atoms with Crippen LogP contribution in [-0.4, -0.2) is 83.0 Å². The lowest BCUT2D eigenvalue weighted by Crippen LogP contribution is -2.64. The summed E-state index contributed by atoms with van der Waals surface area (Å²) in [7, 11) is 0. The van der Waals surface area contributed by atoms with E-state index in [0.717, 1.165) is 0 Å². The summed E-state index contributed by atoms with van der Waals surface area (Å²) < 4.78 is 16.3. The molecule has 0 aromatic rings. The van der Waals surface area contributed by atoms with Crippen molar-refractivity contribution < 1.29 is 34.6 Å². The minimum Gasteiger partial charge on any atom is -0.394 e. The molecule has 0 saturated carbocycles. The van der Waals surface area contributed by atoms with E-state index in [4.69, 9.17) is 14.2 Å². The van der Waals surface area contributed by atoms with Gasteiger partial charge in [0.2, 0.25) is 0 Å². The quantitative estimate of drug-likeness (QED) is 0.330. The van der Waals surface area contributed by atoms with E-state index in [1.165, 1.54) is 0 Å². The van der Waals surface area contributed by atoms with E-state index in [1.54, 1.807) is 19.9 Å². The van der Waals surface area contributed by atoms with Crippen LogP contribution in [0.4, 0.5) is 0 Å². The summed E-state index contributed by atoms with van der Waals surface area (Å²) in [6, 6.07) is 0. The molecule has 5 atom stereocenters. The topological polar surface area (TPSA) is 109 Å². The molecule has 0 radical (unpaired) electrons. The normalized spacial score (nSPS) is 33.9. The van der Waals surface area contributed by atoms with Crippen LogP contribution in [0.1, 0.15) is 13.8 Å². The van der Waals surface area contributed by atoms with Gasteiger partial charge in [0.15, 0.2) is 0 Å². The van der Waals surface area contributed by atoms with Crippen LogP contribution in [0.15, 0.2) is 12.7 Å². The fourth-order valence-electron chi connectivity index (χ4n) is 2.29. The van der Waals surface area contributed by atoms with Gasteiger partial charge in [-0.25, -0.2) is 0 Å². The molecule has 0 aliphatic carbocycles. The summed E-state index contributed by atoms with van der Waals surface area (Å²) in [4.78, 5) is 0. The highest BCUT2D eigenvalue weighted by Crippen LogP contribution is 2.30. The van der Waals surface area contributed by atoms with Crippen molar-refractivity contribution in [1.82, 2.24) is 0 Å². The predicted molar refractivity (Wildman–Crippen MR) is 74.8 cm³/mol. The Hall–Kier alpha value is -0.540. The van der Waals surface area contributed by atoms with E-state index in [9.17, 15) is 20.4 Å². The van der Waals surface area contributed by atoms with Crippen molar-refractivity contribution in [3.63, 3.8) is 0 Å². The molecular formula is C14H26O7. The molecular weight excluding hydrogens is 280 g/mol. The van der Waals surface area contributed by atoms with Crippen molar-refractivity contribution in [3.8, 4) is 0 Å². The molecule has 4 N–H and O–H groups in total. The van der Waals surface area contributed by atoms with Crippen LogP contribution in [0.3, 0.4) is 0 Å². The Morgan fingerprint density at radius 1 is 1.14 bits per heavy atom. The van der Waals surface area contributed by atoms with E-state index < -0.39 is 42.7 Å². The minimum atomic E-state index is -1.40. The average molecular weight is 306 g/mol. The SMILES string of the molecule is C=CCOCCOC(C)(C)C1OC(CO)C(O)C(O)C1O. The Kier molecular flexibility index (Phi) is 7.22. The van der Waals surface area contributed by atoms with Gasteiger partial charge in [-0.1, -0.05) is 6.08 Å². The van der Waals surface area contributed by atoms with E-state index >= 15 is 0 Å². The highest BCUT2D eigenvalue weighted by molar-refractivity contribution is 4.98. The molecule has 1 rings (SSSR count). The molecule has 0 amide bonds. The number of hydrogen-bond donors (Lipinski definition) is 4. The van der Waals surface area contributed by atoms with Gasteiger partial charge in [0.25, 0.3) is 0 Å². The molecule has 124 valence electrons. The lowest BCUT2D eigenvalue weighted by molar-refractivity contribution is -0.272. The zero-order valence-corrected chi connectivity index (χ0v) is 12.5. The molecule has 0 spiro atoms. The van der Waals surface area contributed by atoms with Gasteiger partial charge in [-0.05, 0) is 13.8 Å². The molecule has 21 heavy (non-hydrogen) atoms. The van der Waals surface area contributed by atoms with Gasteiger partial charge in [-0.3, -0.25) is 0 Å². The molecule has 1 heterocycles. The maximum absolute atomic E-state index is 10.1. The zero-order chi connectivity index (χ0) is 16.0.